The molecule has 1 atom stereocenters. The normalized spacial score (nSPS) is 12.8. The van der Waals surface area contributed by atoms with E-state index in [1.165, 1.54) is 0 Å². The Balaban J connectivity index is 2.83. The second-order valence-electron chi connectivity index (χ2n) is 3.12. The van der Waals surface area contributed by atoms with E-state index in [1.807, 2.05) is 25.1 Å². The van der Waals surface area contributed by atoms with Crippen LogP contribution in [0.15, 0.2) is 22.7 Å². The molecule has 1 unspecified atom stereocenters. The topological polar surface area (TPSA) is 46.2 Å². The van der Waals surface area contributed by atoms with Crippen molar-refractivity contribution in [3.05, 3.63) is 28.2 Å². The van der Waals surface area contributed by atoms with E-state index in [9.17, 15) is 5.11 Å². The van der Waals surface area contributed by atoms with E-state index < -0.39 is 0 Å². The summed E-state index contributed by atoms with van der Waals surface area (Å²) in [6.07, 6.45) is 1.65. The predicted octanol–water partition coefficient (Wildman–Crippen LogP) is 2.43. The highest BCUT2D eigenvalue weighted by atomic mass is 79.9. The van der Waals surface area contributed by atoms with Crippen LogP contribution in [0.3, 0.4) is 0 Å². The smallest absolute Gasteiger partial charge is 0.132 e. The molecule has 0 aliphatic heterocycles. The fourth-order valence-corrected chi connectivity index (χ4v) is 1.56. The maximum atomic E-state index is 9.64. The first-order valence-electron chi connectivity index (χ1n) is 4.37. The van der Waals surface area contributed by atoms with Gasteiger partial charge in [-0.2, -0.15) is 0 Å². The van der Waals surface area contributed by atoms with E-state index in [0.29, 0.717) is 5.75 Å². The van der Waals surface area contributed by atoms with Gasteiger partial charge in [0.15, 0.2) is 0 Å². The summed E-state index contributed by atoms with van der Waals surface area (Å²) in [5, 5.41) is 9.64. The maximum Gasteiger partial charge on any atom is 0.132 e. The molecule has 72 valence electrons. The van der Waals surface area contributed by atoms with Gasteiger partial charge in [0.25, 0.3) is 0 Å². The number of aromatic hydroxyl groups is 1. The van der Waals surface area contributed by atoms with Crippen LogP contribution in [0.25, 0.3) is 0 Å². The molecule has 0 saturated heterocycles. The van der Waals surface area contributed by atoms with E-state index in [0.717, 1.165) is 22.9 Å². The van der Waals surface area contributed by atoms with Gasteiger partial charge in [-0.05, 0) is 40.4 Å². The minimum absolute atomic E-state index is 0.125. The predicted molar refractivity (Wildman–Crippen MR) is 57.8 cm³/mol. The first-order valence-corrected chi connectivity index (χ1v) is 5.16. The van der Waals surface area contributed by atoms with Crippen molar-refractivity contribution < 1.29 is 5.11 Å². The number of hydrogen-bond acceptors (Lipinski definition) is 2. The standard InChI is InChI=1S/C10H14BrNO/c1-2-8(12)6-7-4-3-5-9(11)10(7)13/h3-5,8,13H,2,6,12H2,1H3. The van der Waals surface area contributed by atoms with Gasteiger partial charge >= 0.3 is 0 Å². The monoisotopic (exact) mass is 243 g/mol. The quantitative estimate of drug-likeness (QED) is 0.857. The van der Waals surface area contributed by atoms with Crippen molar-refractivity contribution in [2.24, 2.45) is 5.73 Å². The molecular weight excluding hydrogens is 230 g/mol. The lowest BCUT2D eigenvalue weighted by molar-refractivity contribution is 0.460. The second kappa shape index (κ2) is 4.63. The largest absolute Gasteiger partial charge is 0.506 e. The second-order valence-corrected chi connectivity index (χ2v) is 3.97. The van der Waals surface area contributed by atoms with Gasteiger partial charge in [0.2, 0.25) is 0 Å². The molecule has 0 heterocycles. The Morgan fingerprint density at radius 1 is 1.54 bits per heavy atom. The zero-order valence-corrected chi connectivity index (χ0v) is 9.21. The van der Waals surface area contributed by atoms with Crippen LogP contribution in [-0.2, 0) is 6.42 Å². The SMILES string of the molecule is CCC(N)Cc1cccc(Br)c1O. The molecule has 0 spiro atoms. The minimum atomic E-state index is 0.125. The van der Waals surface area contributed by atoms with Crippen LogP contribution in [-0.4, -0.2) is 11.1 Å². The Bertz CT molecular complexity index is 288. The van der Waals surface area contributed by atoms with Gasteiger partial charge in [0, 0.05) is 6.04 Å². The number of para-hydroxylation sites is 1. The van der Waals surface area contributed by atoms with Gasteiger partial charge in [-0.15, -0.1) is 0 Å². The summed E-state index contributed by atoms with van der Waals surface area (Å²) in [7, 11) is 0. The molecule has 0 aromatic heterocycles. The minimum Gasteiger partial charge on any atom is -0.506 e. The highest BCUT2D eigenvalue weighted by Crippen LogP contribution is 2.28. The third-order valence-electron chi connectivity index (χ3n) is 2.08. The summed E-state index contributed by atoms with van der Waals surface area (Å²) in [5.74, 6) is 0.311. The first-order chi connectivity index (χ1) is 6.15. The van der Waals surface area contributed by atoms with Gasteiger partial charge in [-0.3, -0.25) is 0 Å². The number of hydrogen-bond donors (Lipinski definition) is 2. The van der Waals surface area contributed by atoms with Crippen molar-refractivity contribution in [3.63, 3.8) is 0 Å². The summed E-state index contributed by atoms with van der Waals surface area (Å²) in [6, 6.07) is 5.74. The molecule has 0 aliphatic rings. The molecular formula is C10H14BrNO. The number of benzene rings is 1. The van der Waals surface area contributed by atoms with E-state index in [2.05, 4.69) is 15.9 Å². The van der Waals surface area contributed by atoms with Gasteiger partial charge in [0.05, 0.1) is 4.47 Å². The molecule has 0 fully saturated rings. The molecule has 0 bridgehead atoms. The molecule has 1 rings (SSSR count). The number of phenols is 1. The molecule has 3 heteroatoms. The zero-order valence-electron chi connectivity index (χ0n) is 7.63. The molecule has 3 N–H and O–H groups in total. The molecule has 0 saturated carbocycles. The van der Waals surface area contributed by atoms with Crippen LogP contribution < -0.4 is 5.73 Å². The van der Waals surface area contributed by atoms with Crippen molar-refractivity contribution in [2.45, 2.75) is 25.8 Å². The third-order valence-corrected chi connectivity index (χ3v) is 2.72. The van der Waals surface area contributed by atoms with Crippen LogP contribution >= 0.6 is 15.9 Å². The molecule has 0 radical (unpaired) electrons. The Morgan fingerprint density at radius 3 is 2.85 bits per heavy atom. The Morgan fingerprint density at radius 2 is 2.23 bits per heavy atom. The van der Waals surface area contributed by atoms with Crippen LogP contribution in [0.5, 0.6) is 5.75 Å². The van der Waals surface area contributed by atoms with Crippen LogP contribution in [0.2, 0.25) is 0 Å². The fourth-order valence-electron chi connectivity index (χ4n) is 1.15. The highest BCUT2D eigenvalue weighted by Gasteiger charge is 2.07. The first kappa shape index (κ1) is 10.5. The maximum absolute atomic E-state index is 9.64. The zero-order chi connectivity index (χ0) is 9.84. The fraction of sp³-hybridized carbons (Fsp3) is 0.400. The highest BCUT2D eigenvalue weighted by molar-refractivity contribution is 9.10. The van der Waals surface area contributed by atoms with Crippen molar-refractivity contribution >= 4 is 15.9 Å². The van der Waals surface area contributed by atoms with Gasteiger partial charge in [0.1, 0.15) is 5.75 Å². The van der Waals surface area contributed by atoms with Crippen molar-refractivity contribution in [1.82, 2.24) is 0 Å². The van der Waals surface area contributed by atoms with E-state index in [-0.39, 0.29) is 6.04 Å². The molecule has 0 amide bonds. The summed E-state index contributed by atoms with van der Waals surface area (Å²) in [5.41, 5.74) is 6.70. The molecule has 13 heavy (non-hydrogen) atoms. The number of nitrogens with two attached hydrogens (primary N) is 1. The molecule has 0 aliphatic carbocycles. The lowest BCUT2D eigenvalue weighted by Crippen LogP contribution is -2.21. The summed E-state index contributed by atoms with van der Waals surface area (Å²) < 4.78 is 0.730. The lowest BCUT2D eigenvalue weighted by Gasteiger charge is -2.10. The Kier molecular flexibility index (Phi) is 3.75. The van der Waals surface area contributed by atoms with E-state index >= 15 is 0 Å². The van der Waals surface area contributed by atoms with Gasteiger partial charge < -0.3 is 10.8 Å². The number of phenolic OH excluding ortho intramolecular Hbond substituents is 1. The van der Waals surface area contributed by atoms with E-state index in [1.54, 1.807) is 0 Å². The Hall–Kier alpha value is -0.540. The van der Waals surface area contributed by atoms with E-state index in [4.69, 9.17) is 5.73 Å². The molecule has 1 aromatic carbocycles. The van der Waals surface area contributed by atoms with Crippen molar-refractivity contribution in [1.29, 1.82) is 0 Å². The average Bonchev–Trinajstić information content (AvgIpc) is 2.13. The third kappa shape index (κ3) is 2.71. The molecule has 1 aromatic rings. The average molecular weight is 244 g/mol. The van der Waals surface area contributed by atoms with Crippen molar-refractivity contribution in [2.75, 3.05) is 0 Å². The van der Waals surface area contributed by atoms with Crippen LogP contribution in [0.1, 0.15) is 18.9 Å². The summed E-state index contributed by atoms with van der Waals surface area (Å²) >= 11 is 3.27. The molecule has 2 nitrogen and oxygen atoms in total. The number of halogens is 1. The Labute approximate surface area is 86.9 Å². The van der Waals surface area contributed by atoms with Gasteiger partial charge in [-0.1, -0.05) is 19.1 Å². The van der Waals surface area contributed by atoms with Crippen molar-refractivity contribution in [3.8, 4) is 5.75 Å². The summed E-state index contributed by atoms with van der Waals surface area (Å²) in [6.45, 7) is 2.04. The van der Waals surface area contributed by atoms with Crippen LogP contribution in [0.4, 0.5) is 0 Å². The van der Waals surface area contributed by atoms with Crippen LogP contribution in [0, 0.1) is 0 Å². The summed E-state index contributed by atoms with van der Waals surface area (Å²) in [4.78, 5) is 0. The number of rotatable bonds is 3. The lowest BCUT2D eigenvalue weighted by atomic mass is 10.0. The van der Waals surface area contributed by atoms with Gasteiger partial charge in [-0.25, -0.2) is 0 Å².